The normalized spacial score (nSPS) is 21.3. The second kappa shape index (κ2) is 20.3. The lowest BCUT2D eigenvalue weighted by Gasteiger charge is -2.63. The molecule has 4 heterocycles. The van der Waals surface area contributed by atoms with E-state index in [-0.39, 0.29) is 45.5 Å². The van der Waals surface area contributed by atoms with E-state index in [0.717, 1.165) is 88.0 Å². The number of methoxy groups -OCH3 is 1. The van der Waals surface area contributed by atoms with Crippen molar-refractivity contribution < 1.29 is 37.1 Å². The van der Waals surface area contributed by atoms with Crippen LogP contribution in [0.15, 0.2) is 102 Å². The number of hydrogen-bond donors (Lipinski definition) is 4. The molecule has 390 valence electrons. The molecule has 74 heavy (non-hydrogen) atoms. The number of anilines is 2. The molecule has 1 amide bonds. The minimum absolute atomic E-state index is 0.0168. The molecule has 16 nitrogen and oxygen atoms in total. The summed E-state index contributed by atoms with van der Waals surface area (Å²) in [4.78, 5) is 39.7. The third kappa shape index (κ3) is 10.5. The van der Waals surface area contributed by atoms with Crippen molar-refractivity contribution in [2.45, 2.75) is 101 Å². The number of aromatic amines is 1. The van der Waals surface area contributed by atoms with Crippen molar-refractivity contribution in [3.8, 4) is 17.2 Å². The summed E-state index contributed by atoms with van der Waals surface area (Å²) in [6.07, 6.45) is 7.36. The van der Waals surface area contributed by atoms with E-state index >= 15 is 0 Å². The predicted molar refractivity (Wildman–Crippen MR) is 282 cm³/mol. The number of pyridine rings is 1. The van der Waals surface area contributed by atoms with Crippen molar-refractivity contribution in [3.63, 3.8) is 0 Å². The van der Waals surface area contributed by atoms with E-state index in [1.807, 2.05) is 0 Å². The maximum Gasteiger partial charge on any atom is 0.293 e. The molecule has 0 bridgehead atoms. The second-order valence-electron chi connectivity index (χ2n) is 21.7. The zero-order valence-electron chi connectivity index (χ0n) is 42.6. The highest BCUT2D eigenvalue weighted by Crippen LogP contribution is 2.54. The van der Waals surface area contributed by atoms with E-state index in [1.54, 1.807) is 26.2 Å². The molecule has 6 aromatic rings. The molecule has 1 atom stereocenters. The first kappa shape index (κ1) is 50.9. The minimum Gasteiger partial charge on any atom is -0.496 e. The van der Waals surface area contributed by atoms with Gasteiger partial charge in [-0.05, 0) is 123 Å². The Labute approximate surface area is 431 Å². The zero-order chi connectivity index (χ0) is 52.1. The second-order valence-corrected chi connectivity index (χ2v) is 23.4. The summed E-state index contributed by atoms with van der Waals surface area (Å²) in [6, 6.07) is 25.8. The van der Waals surface area contributed by atoms with Gasteiger partial charge >= 0.3 is 0 Å². The number of fused-ring (bicyclic) bond motifs is 1. The molecule has 0 unspecified atom stereocenters. The molecule has 18 heteroatoms. The number of sulfonamides is 1. The van der Waals surface area contributed by atoms with E-state index in [4.69, 9.17) is 9.47 Å². The number of rotatable bonds is 16. The summed E-state index contributed by atoms with van der Waals surface area (Å²) in [5.41, 5.74) is 5.10. The summed E-state index contributed by atoms with van der Waals surface area (Å²) in [6.45, 7) is 14.0. The number of ether oxygens (including phenoxy) is 2. The number of H-pyrrole nitrogens is 1. The van der Waals surface area contributed by atoms with Gasteiger partial charge in [-0.25, -0.2) is 22.5 Å². The molecule has 10 rings (SSSR count). The molecule has 1 spiro atoms. The number of benzene rings is 4. The third-order valence-corrected chi connectivity index (χ3v) is 17.3. The van der Waals surface area contributed by atoms with E-state index in [1.165, 1.54) is 53.3 Å². The van der Waals surface area contributed by atoms with Gasteiger partial charge in [0.1, 0.15) is 34.4 Å². The van der Waals surface area contributed by atoms with Gasteiger partial charge in [0, 0.05) is 87.3 Å². The topological polar surface area (TPSA) is 195 Å². The quantitative estimate of drug-likeness (QED) is 0.0529. The molecule has 2 aliphatic heterocycles. The lowest BCUT2D eigenvalue weighted by atomic mass is 9.59. The number of nitro groups is 1. The van der Waals surface area contributed by atoms with Gasteiger partial charge in [-0.2, -0.15) is 0 Å². The average molecular weight is 1030 g/mol. The van der Waals surface area contributed by atoms with Crippen molar-refractivity contribution in [3.05, 3.63) is 141 Å². The third-order valence-electron chi connectivity index (χ3n) is 15.9. The Kier molecular flexibility index (Phi) is 13.9. The van der Waals surface area contributed by atoms with Gasteiger partial charge in [-0.3, -0.25) is 24.7 Å². The Morgan fingerprint density at radius 2 is 1.78 bits per heavy atom. The molecule has 2 aliphatic carbocycles. The number of aryl methyl sites for hydroxylation is 1. The summed E-state index contributed by atoms with van der Waals surface area (Å²) in [7, 11) is -2.92. The first-order valence-electron chi connectivity index (χ1n) is 25.6. The number of aliphatic hydroxyl groups is 1. The van der Waals surface area contributed by atoms with E-state index in [0.29, 0.717) is 37.0 Å². The predicted octanol–water partition coefficient (Wildman–Crippen LogP) is 9.84. The van der Waals surface area contributed by atoms with Gasteiger partial charge in [-0.1, -0.05) is 50.2 Å². The summed E-state index contributed by atoms with van der Waals surface area (Å²) < 4.78 is 56.4. The summed E-state index contributed by atoms with van der Waals surface area (Å²) in [5.74, 6) is 0.0332. The van der Waals surface area contributed by atoms with Crippen molar-refractivity contribution >= 4 is 44.0 Å². The molecule has 4 fully saturated rings. The number of amides is 1. The van der Waals surface area contributed by atoms with E-state index in [2.05, 4.69) is 97.9 Å². The molecule has 4 aliphatic rings. The van der Waals surface area contributed by atoms with Gasteiger partial charge < -0.3 is 29.8 Å². The number of nitrogens with zero attached hydrogens (tertiary/aromatic N) is 5. The summed E-state index contributed by atoms with van der Waals surface area (Å²) >= 11 is 0. The molecule has 4 aromatic carbocycles. The fourth-order valence-electron chi connectivity index (χ4n) is 11.7. The molecular weight excluding hydrogens is 964 g/mol. The van der Waals surface area contributed by atoms with Gasteiger partial charge in [0.15, 0.2) is 0 Å². The standard InChI is InChI=1S/C56H65FN8O8S/c1-35(2)43-8-6-7-9-44(43)50-32-62(31-38-11-10-36(3)51(22-38)72-5)20-21-64(50)40-26-56(27-40)33-63(34-56)39-12-14-45(52(23-39)73-41-24-46-47(57)30-60-53(46)59-29-41)54(66)61-74(70,71)42-13-15-48(49(25-42)65(68)69)58-28-37-16-18-55(4,67)19-17-37/h6-15,22-25,29-30,35,37,40,50,58,67H,16-21,26-28,31-34H2,1-5H3,(H,59,60)(H,61,66)/t37?,50-,55?/m0/s1. The molecule has 2 saturated heterocycles. The highest BCUT2D eigenvalue weighted by molar-refractivity contribution is 7.90. The smallest absolute Gasteiger partial charge is 0.293 e. The van der Waals surface area contributed by atoms with Crippen LogP contribution in [0.4, 0.5) is 21.5 Å². The van der Waals surface area contributed by atoms with Crippen molar-refractivity contribution in [2.75, 3.05) is 56.6 Å². The highest BCUT2D eigenvalue weighted by atomic mass is 32.2. The number of carbonyl (C=O) groups is 1. The number of hydrogen-bond acceptors (Lipinski definition) is 13. The monoisotopic (exact) mass is 1030 g/mol. The molecular formula is C56H65FN8O8S. The Bertz CT molecular complexity index is 3190. The van der Waals surface area contributed by atoms with Crippen LogP contribution in [-0.2, 0) is 16.6 Å². The lowest BCUT2D eigenvalue weighted by Crippen LogP contribution is -2.68. The number of aromatic nitrogens is 2. The van der Waals surface area contributed by atoms with Crippen LogP contribution in [0.3, 0.4) is 0 Å². The van der Waals surface area contributed by atoms with Gasteiger partial charge in [0.25, 0.3) is 21.6 Å². The average Bonchev–Trinajstić information content (AvgIpc) is 3.74. The van der Waals surface area contributed by atoms with Crippen LogP contribution in [0, 0.1) is 34.2 Å². The van der Waals surface area contributed by atoms with Gasteiger partial charge in [-0.15, -0.1) is 0 Å². The van der Waals surface area contributed by atoms with Gasteiger partial charge in [0.05, 0.1) is 39.7 Å². The fraction of sp³-hybridized carbons (Fsp3) is 0.429. The Hall–Kier alpha value is -6.60. The number of nitro benzene ring substituents is 1. The van der Waals surface area contributed by atoms with Crippen LogP contribution in [0.5, 0.6) is 17.2 Å². The fourth-order valence-corrected chi connectivity index (χ4v) is 12.7. The van der Waals surface area contributed by atoms with Crippen molar-refractivity contribution in [1.29, 1.82) is 0 Å². The van der Waals surface area contributed by atoms with Crippen molar-refractivity contribution in [2.24, 2.45) is 11.3 Å². The Morgan fingerprint density at radius 1 is 1.01 bits per heavy atom. The van der Waals surface area contributed by atoms with Crippen LogP contribution >= 0.6 is 0 Å². The maximum absolute atomic E-state index is 14.7. The largest absolute Gasteiger partial charge is 0.496 e. The summed E-state index contributed by atoms with van der Waals surface area (Å²) in [5, 5.41) is 25.8. The first-order valence-corrected chi connectivity index (χ1v) is 27.1. The Morgan fingerprint density at radius 3 is 2.53 bits per heavy atom. The SMILES string of the molecule is COc1cc(CN2CCN(C3CC4(C3)CN(c3ccc(C(=O)NS(=O)(=O)c5ccc(NCC6CCC(C)(O)CC6)c([N+](=O)[O-])c5)c(Oc5cnc6[nH]cc(F)c6c5)c3)C4)[C@H](c3ccccc3C(C)C)C2)ccc1C. The number of carbonyl (C=O) groups excluding carboxylic acids is 1. The number of piperazine rings is 1. The molecule has 0 radical (unpaired) electrons. The molecule has 2 aromatic heterocycles. The lowest BCUT2D eigenvalue weighted by molar-refractivity contribution is -0.384. The number of halogens is 1. The van der Waals surface area contributed by atoms with E-state index < -0.39 is 42.9 Å². The number of nitrogens with one attached hydrogen (secondary N) is 3. The highest BCUT2D eigenvalue weighted by Gasteiger charge is 2.55. The first-order chi connectivity index (χ1) is 35.4. The van der Waals surface area contributed by atoms with Crippen LogP contribution in [-0.4, -0.2) is 102 Å². The van der Waals surface area contributed by atoms with Crippen LogP contribution in [0.1, 0.15) is 104 Å². The van der Waals surface area contributed by atoms with Gasteiger partial charge in [0.2, 0.25) is 0 Å². The minimum atomic E-state index is -4.64. The van der Waals surface area contributed by atoms with E-state index in [9.17, 15) is 32.8 Å². The molecule has 4 N–H and O–H groups in total. The molecule has 2 saturated carbocycles. The Balaban J connectivity index is 0.849. The van der Waals surface area contributed by atoms with Crippen LogP contribution in [0.25, 0.3) is 11.0 Å². The van der Waals surface area contributed by atoms with Crippen LogP contribution in [0.2, 0.25) is 0 Å². The maximum atomic E-state index is 14.7. The van der Waals surface area contributed by atoms with Crippen molar-refractivity contribution in [1.82, 2.24) is 24.5 Å². The zero-order valence-corrected chi connectivity index (χ0v) is 43.4. The van der Waals surface area contributed by atoms with Crippen LogP contribution < -0.4 is 24.4 Å².